The molecule has 0 amide bonds. The highest BCUT2D eigenvalue weighted by atomic mass is 16.5. The summed E-state index contributed by atoms with van der Waals surface area (Å²) in [4.78, 5) is 20.6. The van der Waals surface area contributed by atoms with Gasteiger partial charge in [0.05, 0.1) is 12.8 Å². The van der Waals surface area contributed by atoms with Crippen LogP contribution in [0, 0.1) is 5.92 Å². The Balaban J connectivity index is 2.30. The molecular formula is C13H19N3O2. The lowest BCUT2D eigenvalue weighted by Crippen LogP contribution is -2.13. The molecule has 2 heterocycles. The Kier molecular flexibility index (Phi) is 3.91. The van der Waals surface area contributed by atoms with Gasteiger partial charge in [0.1, 0.15) is 5.82 Å². The highest BCUT2D eigenvalue weighted by molar-refractivity contribution is 5.89. The van der Waals surface area contributed by atoms with Gasteiger partial charge in [-0.1, -0.05) is 13.8 Å². The molecule has 1 aromatic rings. The normalized spacial score (nSPS) is 13.8. The number of hydrogen-bond donors (Lipinski definition) is 1. The fourth-order valence-corrected chi connectivity index (χ4v) is 2.01. The van der Waals surface area contributed by atoms with Crippen LogP contribution < -0.4 is 5.32 Å². The maximum absolute atomic E-state index is 11.7. The van der Waals surface area contributed by atoms with Crippen molar-refractivity contribution in [3.05, 3.63) is 22.8 Å². The van der Waals surface area contributed by atoms with Gasteiger partial charge in [0.15, 0.2) is 5.69 Å². The van der Waals surface area contributed by atoms with Crippen LogP contribution in [-0.4, -0.2) is 23.0 Å². The molecule has 0 spiro atoms. The van der Waals surface area contributed by atoms with Crippen LogP contribution in [0.4, 0.5) is 0 Å². The summed E-state index contributed by atoms with van der Waals surface area (Å²) in [5, 5.41) is 3.19. The van der Waals surface area contributed by atoms with Crippen molar-refractivity contribution in [1.29, 1.82) is 0 Å². The molecule has 1 aromatic heterocycles. The third-order valence-corrected chi connectivity index (χ3v) is 3.06. The second-order valence-corrected chi connectivity index (χ2v) is 4.94. The Bertz CT molecular complexity index is 458. The van der Waals surface area contributed by atoms with Crippen LogP contribution in [0.2, 0.25) is 0 Å². The minimum atomic E-state index is -0.372. The number of hydrogen-bond acceptors (Lipinski definition) is 5. The number of rotatable bonds is 4. The van der Waals surface area contributed by atoms with Gasteiger partial charge in [-0.05, 0) is 12.3 Å². The fraction of sp³-hybridized carbons (Fsp3) is 0.615. The number of ether oxygens (including phenoxy) is 1. The molecule has 0 aromatic carbocycles. The van der Waals surface area contributed by atoms with E-state index >= 15 is 0 Å². The maximum atomic E-state index is 11.7. The minimum absolute atomic E-state index is 0.372. The molecule has 0 unspecified atom stereocenters. The van der Waals surface area contributed by atoms with Gasteiger partial charge in [-0.3, -0.25) is 0 Å². The first-order valence-corrected chi connectivity index (χ1v) is 6.29. The van der Waals surface area contributed by atoms with Crippen LogP contribution in [0.5, 0.6) is 0 Å². The van der Waals surface area contributed by atoms with Gasteiger partial charge in [-0.25, -0.2) is 14.8 Å². The average Bonchev–Trinajstić information content (AvgIpc) is 2.82. The Hall–Kier alpha value is -1.49. The van der Waals surface area contributed by atoms with Gasteiger partial charge in [-0.2, -0.15) is 0 Å². The van der Waals surface area contributed by atoms with Gasteiger partial charge in [0.25, 0.3) is 0 Å². The van der Waals surface area contributed by atoms with E-state index in [1.54, 1.807) is 0 Å². The average molecular weight is 249 g/mol. The maximum Gasteiger partial charge on any atom is 0.357 e. The lowest BCUT2D eigenvalue weighted by atomic mass is 10.1. The van der Waals surface area contributed by atoms with Crippen LogP contribution in [0.15, 0.2) is 0 Å². The number of nitrogens with zero attached hydrogens (tertiary/aromatic N) is 2. The summed E-state index contributed by atoms with van der Waals surface area (Å²) in [6, 6.07) is 0. The van der Waals surface area contributed by atoms with Crippen molar-refractivity contribution in [2.75, 3.05) is 7.11 Å². The predicted molar refractivity (Wildman–Crippen MR) is 67.1 cm³/mol. The summed E-state index contributed by atoms with van der Waals surface area (Å²) in [5.41, 5.74) is 2.24. The first-order valence-electron chi connectivity index (χ1n) is 6.29. The summed E-state index contributed by atoms with van der Waals surface area (Å²) in [7, 11) is 1.38. The van der Waals surface area contributed by atoms with Gasteiger partial charge >= 0.3 is 5.97 Å². The Morgan fingerprint density at radius 1 is 1.39 bits per heavy atom. The number of esters is 1. The second-order valence-electron chi connectivity index (χ2n) is 4.94. The highest BCUT2D eigenvalue weighted by Crippen LogP contribution is 2.18. The molecule has 0 atom stereocenters. The standard InChI is InChI=1S/C13H19N3O2/c1-8(2)4-5-11-15-10-7-14-6-9(10)12(16-11)13(17)18-3/h8,14H,4-7H2,1-3H3. The zero-order valence-electron chi connectivity index (χ0n) is 11.1. The molecule has 1 aliphatic heterocycles. The molecular weight excluding hydrogens is 230 g/mol. The van der Waals surface area contributed by atoms with Crippen LogP contribution in [0.1, 0.15) is 47.8 Å². The topological polar surface area (TPSA) is 64.1 Å². The van der Waals surface area contributed by atoms with Crippen molar-refractivity contribution >= 4 is 5.97 Å². The molecule has 5 heteroatoms. The van der Waals surface area contributed by atoms with Crippen molar-refractivity contribution < 1.29 is 9.53 Å². The Labute approximate surface area is 107 Å². The minimum Gasteiger partial charge on any atom is -0.464 e. The molecule has 1 N–H and O–H groups in total. The molecule has 2 rings (SSSR count). The van der Waals surface area contributed by atoms with Crippen molar-refractivity contribution in [3.8, 4) is 0 Å². The Morgan fingerprint density at radius 2 is 2.17 bits per heavy atom. The molecule has 0 saturated carbocycles. The summed E-state index contributed by atoms with van der Waals surface area (Å²) in [6.07, 6.45) is 1.82. The summed E-state index contributed by atoms with van der Waals surface area (Å²) >= 11 is 0. The molecule has 1 aliphatic rings. The smallest absolute Gasteiger partial charge is 0.357 e. The summed E-state index contributed by atoms with van der Waals surface area (Å²) < 4.78 is 4.79. The first-order chi connectivity index (χ1) is 8.61. The van der Waals surface area contributed by atoms with E-state index < -0.39 is 0 Å². The summed E-state index contributed by atoms with van der Waals surface area (Å²) in [6.45, 7) is 5.67. The molecule has 0 radical (unpaired) electrons. The zero-order valence-corrected chi connectivity index (χ0v) is 11.1. The third-order valence-electron chi connectivity index (χ3n) is 3.06. The number of carbonyl (C=O) groups is 1. The van der Waals surface area contributed by atoms with E-state index in [4.69, 9.17) is 4.74 Å². The molecule has 0 saturated heterocycles. The van der Waals surface area contributed by atoms with Crippen molar-refractivity contribution in [2.45, 2.75) is 39.8 Å². The molecule has 0 aliphatic carbocycles. The fourth-order valence-electron chi connectivity index (χ4n) is 2.01. The lowest BCUT2D eigenvalue weighted by molar-refractivity contribution is 0.0592. The molecule has 18 heavy (non-hydrogen) atoms. The predicted octanol–water partition coefficient (Wildman–Crippen LogP) is 1.46. The van der Waals surface area contributed by atoms with Crippen molar-refractivity contribution in [2.24, 2.45) is 5.92 Å². The number of fused-ring (bicyclic) bond motifs is 1. The SMILES string of the molecule is COC(=O)c1nc(CCC(C)C)nc2c1CNC2. The highest BCUT2D eigenvalue weighted by Gasteiger charge is 2.23. The number of carbonyl (C=O) groups excluding carboxylic acids is 1. The summed E-state index contributed by atoms with van der Waals surface area (Å²) in [5.74, 6) is 0.969. The Morgan fingerprint density at radius 3 is 2.83 bits per heavy atom. The van der Waals surface area contributed by atoms with E-state index in [2.05, 4.69) is 29.1 Å². The van der Waals surface area contributed by atoms with Crippen LogP contribution in [0.3, 0.4) is 0 Å². The number of aryl methyl sites for hydroxylation is 1. The van der Waals surface area contributed by atoms with Crippen molar-refractivity contribution in [1.82, 2.24) is 15.3 Å². The van der Waals surface area contributed by atoms with E-state index in [0.717, 1.165) is 29.9 Å². The van der Waals surface area contributed by atoms with E-state index in [-0.39, 0.29) is 5.97 Å². The first kappa shape index (κ1) is 13.0. The monoisotopic (exact) mass is 249 g/mol. The van der Waals surface area contributed by atoms with E-state index in [1.807, 2.05) is 0 Å². The molecule has 98 valence electrons. The van der Waals surface area contributed by atoms with Gasteiger partial charge < -0.3 is 10.1 Å². The van der Waals surface area contributed by atoms with Gasteiger partial charge in [-0.15, -0.1) is 0 Å². The lowest BCUT2D eigenvalue weighted by Gasteiger charge is -2.09. The largest absolute Gasteiger partial charge is 0.464 e. The zero-order chi connectivity index (χ0) is 13.1. The van der Waals surface area contributed by atoms with Crippen LogP contribution >= 0.6 is 0 Å². The second kappa shape index (κ2) is 5.44. The van der Waals surface area contributed by atoms with E-state index in [0.29, 0.717) is 24.7 Å². The van der Waals surface area contributed by atoms with Gasteiger partial charge in [0, 0.05) is 25.1 Å². The van der Waals surface area contributed by atoms with Crippen LogP contribution in [0.25, 0.3) is 0 Å². The van der Waals surface area contributed by atoms with E-state index in [1.165, 1.54) is 7.11 Å². The molecule has 0 fully saturated rings. The van der Waals surface area contributed by atoms with E-state index in [9.17, 15) is 4.79 Å². The van der Waals surface area contributed by atoms with Crippen molar-refractivity contribution in [3.63, 3.8) is 0 Å². The third kappa shape index (κ3) is 2.67. The van der Waals surface area contributed by atoms with Gasteiger partial charge in [0.2, 0.25) is 0 Å². The molecule has 0 bridgehead atoms. The molecule has 5 nitrogen and oxygen atoms in total. The number of methoxy groups -OCH3 is 1. The van der Waals surface area contributed by atoms with Crippen LogP contribution in [-0.2, 0) is 24.2 Å². The quantitative estimate of drug-likeness (QED) is 0.818. The number of aromatic nitrogens is 2. The number of nitrogens with one attached hydrogen (secondary N) is 1.